The highest BCUT2D eigenvalue weighted by atomic mass is 33.1. The van der Waals surface area contributed by atoms with Gasteiger partial charge in [-0.3, -0.25) is 18.5 Å². The lowest BCUT2D eigenvalue weighted by molar-refractivity contribution is -0.157. The predicted octanol–water partition coefficient (Wildman–Crippen LogP) is 6.34. The van der Waals surface area contributed by atoms with Crippen molar-refractivity contribution in [2.45, 2.75) is 33.1 Å². The second kappa shape index (κ2) is 11.4. The third-order valence-corrected chi connectivity index (χ3v) is 15.7. The Morgan fingerprint density at radius 1 is 0.844 bits per heavy atom. The van der Waals surface area contributed by atoms with Gasteiger partial charge in [-0.2, -0.15) is 0 Å². The van der Waals surface area contributed by atoms with E-state index in [1.807, 2.05) is 67.3 Å². The Bertz CT molecular complexity index is 1940. The van der Waals surface area contributed by atoms with E-state index >= 15 is 0 Å². The fourth-order valence-corrected chi connectivity index (χ4v) is 13.8. The summed E-state index contributed by atoms with van der Waals surface area (Å²) in [6.45, 7) is 0. The molecular weight excluding hydrogens is 685 g/mol. The van der Waals surface area contributed by atoms with E-state index < -0.39 is 31.8 Å². The van der Waals surface area contributed by atoms with Crippen LogP contribution in [0.2, 0.25) is 0 Å². The Morgan fingerprint density at radius 3 is 2.24 bits per heavy atom. The van der Waals surface area contributed by atoms with E-state index in [2.05, 4.69) is 10.2 Å². The SMILES string of the molecule is CSS[C@H]1C(=O)N2[C@H]3N(S(=O)(=O)c4ccccc4)c4ccccc4[C@@]3(c3cn(SC)c4ccccc34)C[C@]2(SSC)C(=O)N1C. The Kier molecular flexibility index (Phi) is 7.92. The Labute approximate surface area is 283 Å². The molecule has 2 saturated heterocycles. The lowest BCUT2D eigenvalue weighted by Gasteiger charge is -2.49. The van der Waals surface area contributed by atoms with E-state index in [1.54, 1.807) is 59.1 Å². The van der Waals surface area contributed by atoms with Gasteiger partial charge in [-0.05, 0) is 59.9 Å². The molecule has 0 saturated carbocycles. The molecule has 0 bridgehead atoms. The van der Waals surface area contributed by atoms with Crippen LogP contribution in [0.1, 0.15) is 17.5 Å². The minimum Gasteiger partial charge on any atom is -0.322 e. The maximum absolute atomic E-state index is 14.9. The lowest BCUT2D eigenvalue weighted by Crippen LogP contribution is -2.69. The van der Waals surface area contributed by atoms with Crippen LogP contribution in [0.4, 0.5) is 5.69 Å². The van der Waals surface area contributed by atoms with E-state index in [9.17, 15) is 18.0 Å². The number of fused-ring (bicyclic) bond motifs is 6. The van der Waals surface area contributed by atoms with Crippen molar-refractivity contribution in [1.82, 2.24) is 13.8 Å². The highest BCUT2D eigenvalue weighted by Gasteiger charge is 2.75. The largest absolute Gasteiger partial charge is 0.322 e. The quantitative estimate of drug-likeness (QED) is 0.194. The van der Waals surface area contributed by atoms with Crippen LogP contribution in [-0.4, -0.2) is 76.2 Å². The van der Waals surface area contributed by atoms with Crippen molar-refractivity contribution in [3.05, 3.63) is 96.2 Å². The lowest BCUT2D eigenvalue weighted by atomic mass is 9.72. The van der Waals surface area contributed by atoms with Crippen LogP contribution < -0.4 is 4.31 Å². The maximum Gasteiger partial charge on any atom is 0.266 e. The first-order valence-corrected chi connectivity index (χ1v) is 21.8. The number of nitrogens with zero attached hydrogens (tertiary/aromatic N) is 4. The monoisotopic (exact) mass is 714 g/mol. The van der Waals surface area contributed by atoms with Crippen LogP contribution in [0.3, 0.4) is 0 Å². The maximum atomic E-state index is 14.9. The van der Waals surface area contributed by atoms with Crippen molar-refractivity contribution < 1.29 is 18.0 Å². The zero-order chi connectivity index (χ0) is 31.7. The van der Waals surface area contributed by atoms with Crippen molar-refractivity contribution in [1.29, 1.82) is 0 Å². The zero-order valence-corrected chi connectivity index (χ0v) is 29.7. The Balaban J connectivity index is 1.62. The predicted molar refractivity (Wildman–Crippen MR) is 191 cm³/mol. The molecule has 4 atom stereocenters. The highest BCUT2D eigenvalue weighted by molar-refractivity contribution is 8.77. The van der Waals surface area contributed by atoms with Crippen LogP contribution in [0.25, 0.3) is 10.9 Å². The van der Waals surface area contributed by atoms with Crippen LogP contribution >= 0.6 is 55.1 Å². The first-order chi connectivity index (χ1) is 21.7. The summed E-state index contributed by atoms with van der Waals surface area (Å²) in [4.78, 5) is 31.5. The molecule has 7 rings (SSSR count). The molecule has 3 aliphatic rings. The minimum absolute atomic E-state index is 0.125. The van der Waals surface area contributed by atoms with Gasteiger partial charge in [0.2, 0.25) is 0 Å². The second-order valence-corrected chi connectivity index (χ2v) is 18.8. The molecule has 8 nitrogen and oxygen atoms in total. The number of hydrogen-bond acceptors (Lipinski definition) is 9. The van der Waals surface area contributed by atoms with Gasteiger partial charge < -0.3 is 4.90 Å². The molecule has 0 unspecified atom stereocenters. The number of amides is 2. The molecule has 0 spiro atoms. The van der Waals surface area contributed by atoms with Gasteiger partial charge in [0.1, 0.15) is 6.17 Å². The molecule has 2 fully saturated rings. The van der Waals surface area contributed by atoms with Crippen molar-refractivity contribution >= 4 is 93.6 Å². The molecule has 0 radical (unpaired) electrons. The number of piperazine rings is 1. The third kappa shape index (κ3) is 4.21. The third-order valence-electron chi connectivity index (χ3n) is 8.96. The zero-order valence-electron chi connectivity index (χ0n) is 24.8. The average Bonchev–Trinajstić information content (AvgIpc) is 3.67. The van der Waals surface area contributed by atoms with E-state index in [1.165, 1.54) is 47.5 Å². The number of aromatic nitrogens is 1. The summed E-state index contributed by atoms with van der Waals surface area (Å²) in [6.07, 6.45) is 7.01. The molecule has 4 heterocycles. The molecule has 234 valence electrons. The molecule has 1 aromatic heterocycles. The van der Waals surface area contributed by atoms with Gasteiger partial charge in [0, 0.05) is 31.3 Å². The number of carbonyl (C=O) groups excluding carboxylic acids is 2. The van der Waals surface area contributed by atoms with E-state index in [4.69, 9.17) is 0 Å². The van der Waals surface area contributed by atoms with Gasteiger partial charge in [-0.1, -0.05) is 97.8 Å². The Hall–Kier alpha value is -2.36. The molecule has 3 aromatic carbocycles. The van der Waals surface area contributed by atoms with Gasteiger partial charge in [-0.25, -0.2) is 12.7 Å². The molecule has 14 heteroatoms. The van der Waals surface area contributed by atoms with Crippen molar-refractivity contribution in [3.8, 4) is 0 Å². The number of likely N-dealkylation sites (N-methyl/N-ethyl adjacent to an activating group) is 1. The molecule has 0 N–H and O–H groups in total. The molecular formula is C31H30N4O4S6. The van der Waals surface area contributed by atoms with E-state index in [-0.39, 0.29) is 23.1 Å². The molecule has 2 amide bonds. The summed E-state index contributed by atoms with van der Waals surface area (Å²) in [5.41, 5.74) is 2.11. The number of sulfonamides is 1. The van der Waals surface area contributed by atoms with Crippen LogP contribution in [0.5, 0.6) is 0 Å². The standard InChI is InChI=1S/C31H30N4O4S6/c1-32-27(43-41-3)26(36)34-28-30(19-31(34,29(32)37)44-42-4,23-18-33(40-2)24-16-10-8-14-21(23)24)22-15-9-11-17-25(22)35(28)45(38,39)20-12-6-5-7-13-20/h5-18,27-28H,19H2,1-4H3/t27-,28-,30+,31-/m0/s1. The van der Waals surface area contributed by atoms with Gasteiger partial charge in [0.15, 0.2) is 10.2 Å². The summed E-state index contributed by atoms with van der Waals surface area (Å²) in [6, 6.07) is 23.9. The molecule has 45 heavy (non-hydrogen) atoms. The van der Waals surface area contributed by atoms with Crippen LogP contribution in [0, 0.1) is 0 Å². The number of hydrogen-bond donors (Lipinski definition) is 0. The molecule has 3 aliphatic heterocycles. The fraction of sp³-hybridized carbons (Fsp3) is 0.290. The summed E-state index contributed by atoms with van der Waals surface area (Å²) < 4.78 is 33.3. The fourth-order valence-electron chi connectivity index (χ4n) is 7.27. The second-order valence-electron chi connectivity index (χ2n) is 11.0. The van der Waals surface area contributed by atoms with Crippen LogP contribution in [0.15, 0.2) is 90.0 Å². The van der Waals surface area contributed by atoms with Gasteiger partial charge in [-0.15, -0.1) is 0 Å². The summed E-state index contributed by atoms with van der Waals surface area (Å²) in [5.74, 6) is -0.482. The van der Waals surface area contributed by atoms with Gasteiger partial charge in [0.05, 0.1) is 21.5 Å². The highest BCUT2D eigenvalue weighted by Crippen LogP contribution is 2.67. The average molecular weight is 715 g/mol. The van der Waals surface area contributed by atoms with Gasteiger partial charge in [0.25, 0.3) is 21.8 Å². The summed E-state index contributed by atoms with van der Waals surface area (Å²) in [5, 5.41) is 0.148. The minimum atomic E-state index is -4.21. The summed E-state index contributed by atoms with van der Waals surface area (Å²) in [7, 11) is 2.94. The van der Waals surface area contributed by atoms with Crippen LogP contribution in [-0.2, 0) is 25.0 Å². The first kappa shape index (κ1) is 31.3. The van der Waals surface area contributed by atoms with Crippen molar-refractivity contribution in [2.24, 2.45) is 0 Å². The molecule has 0 aliphatic carbocycles. The number of anilines is 1. The number of para-hydroxylation sites is 2. The number of rotatable bonds is 8. The Morgan fingerprint density at radius 2 is 1.53 bits per heavy atom. The van der Waals surface area contributed by atoms with E-state index in [0.29, 0.717) is 5.69 Å². The topological polar surface area (TPSA) is 82.9 Å². The van der Waals surface area contributed by atoms with E-state index in [0.717, 1.165) is 22.0 Å². The molecule has 4 aromatic rings. The van der Waals surface area contributed by atoms with Gasteiger partial charge >= 0.3 is 0 Å². The van der Waals surface area contributed by atoms with Crippen molar-refractivity contribution in [3.63, 3.8) is 0 Å². The normalized spacial score (nSPS) is 26.0. The summed E-state index contributed by atoms with van der Waals surface area (Å²) >= 11 is 1.55. The van der Waals surface area contributed by atoms with Crippen molar-refractivity contribution in [2.75, 3.05) is 30.1 Å². The smallest absolute Gasteiger partial charge is 0.266 e. The number of carbonyl (C=O) groups is 2. The number of benzene rings is 3. The first-order valence-electron chi connectivity index (χ1n) is 14.0.